The highest BCUT2D eigenvalue weighted by molar-refractivity contribution is 6.31. The van der Waals surface area contributed by atoms with Crippen LogP contribution in [0.3, 0.4) is 0 Å². The van der Waals surface area contributed by atoms with Crippen LogP contribution in [0.15, 0.2) is 54.6 Å². The van der Waals surface area contributed by atoms with Crippen LogP contribution >= 0.6 is 11.6 Å². The Hall–Kier alpha value is -2.33. The van der Waals surface area contributed by atoms with Crippen LogP contribution < -0.4 is 5.32 Å². The molecule has 2 amide bonds. The number of carbonyl (C=O) groups is 2. The lowest BCUT2D eigenvalue weighted by Gasteiger charge is -2.33. The highest BCUT2D eigenvalue weighted by atomic mass is 35.5. The number of carbonyl (C=O) groups excluding carboxylic acids is 2. The maximum Gasteiger partial charge on any atom is 0.243 e. The van der Waals surface area contributed by atoms with Crippen LogP contribution in [0, 0.1) is 0 Å². The largest absolute Gasteiger partial charge is 0.350 e. The summed E-state index contributed by atoms with van der Waals surface area (Å²) >= 11 is 6.25. The zero-order valence-electron chi connectivity index (χ0n) is 17.0. The minimum atomic E-state index is -0.547. The summed E-state index contributed by atoms with van der Waals surface area (Å²) in [4.78, 5) is 27.8. The normalized spacial score (nSPS) is 12.3. The molecule has 0 spiro atoms. The standard InChI is InChI=1S/C23H29ClN2O2/c1-5-20(22(28)25-23(2,3)4)26(16-17-11-7-6-8-12-17)21(27)15-18-13-9-10-14-19(18)24/h6-14,20H,5,15-16H2,1-4H3,(H,25,28)/t20-/m0/s1. The van der Waals surface area contributed by atoms with Crippen molar-refractivity contribution in [2.75, 3.05) is 0 Å². The maximum atomic E-state index is 13.2. The van der Waals surface area contributed by atoms with Crippen LogP contribution in [0.1, 0.15) is 45.2 Å². The van der Waals surface area contributed by atoms with Gasteiger partial charge in [0.1, 0.15) is 6.04 Å². The molecule has 1 N–H and O–H groups in total. The second-order valence-corrected chi connectivity index (χ2v) is 8.35. The monoisotopic (exact) mass is 400 g/mol. The van der Waals surface area contributed by atoms with E-state index < -0.39 is 6.04 Å². The van der Waals surface area contributed by atoms with Gasteiger partial charge in [-0.15, -0.1) is 0 Å². The van der Waals surface area contributed by atoms with E-state index in [1.54, 1.807) is 11.0 Å². The molecule has 0 saturated carbocycles. The van der Waals surface area contributed by atoms with Crippen molar-refractivity contribution in [1.82, 2.24) is 10.2 Å². The maximum absolute atomic E-state index is 13.2. The van der Waals surface area contributed by atoms with Crippen molar-refractivity contribution in [2.24, 2.45) is 0 Å². The van der Waals surface area contributed by atoms with Gasteiger partial charge in [0, 0.05) is 17.1 Å². The lowest BCUT2D eigenvalue weighted by Crippen LogP contribution is -2.53. The number of hydrogen-bond acceptors (Lipinski definition) is 2. The van der Waals surface area contributed by atoms with Gasteiger partial charge in [0.25, 0.3) is 0 Å². The van der Waals surface area contributed by atoms with Gasteiger partial charge in [0.15, 0.2) is 0 Å². The molecule has 0 saturated heterocycles. The van der Waals surface area contributed by atoms with E-state index in [2.05, 4.69) is 5.32 Å². The van der Waals surface area contributed by atoms with Crippen LogP contribution in [-0.4, -0.2) is 28.3 Å². The van der Waals surface area contributed by atoms with Gasteiger partial charge in [0.2, 0.25) is 11.8 Å². The van der Waals surface area contributed by atoms with E-state index in [1.165, 1.54) is 0 Å². The van der Waals surface area contributed by atoms with E-state index in [0.717, 1.165) is 11.1 Å². The molecule has 5 heteroatoms. The topological polar surface area (TPSA) is 49.4 Å². The fourth-order valence-electron chi connectivity index (χ4n) is 3.06. The average molecular weight is 401 g/mol. The molecular weight excluding hydrogens is 372 g/mol. The van der Waals surface area contributed by atoms with Crippen LogP contribution in [0.2, 0.25) is 5.02 Å². The summed E-state index contributed by atoms with van der Waals surface area (Å²) in [6.45, 7) is 8.11. The first-order chi connectivity index (χ1) is 13.2. The van der Waals surface area contributed by atoms with Gasteiger partial charge in [-0.1, -0.05) is 67.1 Å². The SMILES string of the molecule is CC[C@@H](C(=O)NC(C)(C)C)N(Cc1ccccc1)C(=O)Cc1ccccc1Cl. The molecule has 28 heavy (non-hydrogen) atoms. The Balaban J connectivity index is 2.30. The summed E-state index contributed by atoms with van der Waals surface area (Å²) in [6, 6.07) is 16.5. The summed E-state index contributed by atoms with van der Waals surface area (Å²) in [6.07, 6.45) is 0.689. The molecule has 150 valence electrons. The molecular formula is C23H29ClN2O2. The van der Waals surface area contributed by atoms with Crippen molar-refractivity contribution in [2.45, 2.75) is 58.7 Å². The Morgan fingerprint density at radius 3 is 2.21 bits per heavy atom. The Morgan fingerprint density at radius 1 is 1.04 bits per heavy atom. The number of nitrogens with zero attached hydrogens (tertiary/aromatic N) is 1. The predicted octanol–water partition coefficient (Wildman–Crippen LogP) is 4.60. The predicted molar refractivity (Wildman–Crippen MR) is 114 cm³/mol. The highest BCUT2D eigenvalue weighted by Crippen LogP contribution is 2.19. The van der Waals surface area contributed by atoms with Gasteiger partial charge in [-0.05, 0) is 44.4 Å². The van der Waals surface area contributed by atoms with Crippen molar-refractivity contribution in [3.8, 4) is 0 Å². The zero-order valence-corrected chi connectivity index (χ0v) is 17.8. The summed E-state index contributed by atoms with van der Waals surface area (Å²) in [5.41, 5.74) is 1.38. The second kappa shape index (κ2) is 9.74. The third-order valence-corrected chi connectivity index (χ3v) is 4.75. The van der Waals surface area contributed by atoms with Crippen molar-refractivity contribution in [3.63, 3.8) is 0 Å². The summed E-state index contributed by atoms with van der Waals surface area (Å²) in [5.74, 6) is -0.258. The third kappa shape index (κ3) is 6.38. The fourth-order valence-corrected chi connectivity index (χ4v) is 3.26. The summed E-state index contributed by atoms with van der Waals surface area (Å²) in [7, 11) is 0. The van der Waals surface area contributed by atoms with E-state index in [1.807, 2.05) is 76.2 Å². The molecule has 1 atom stereocenters. The number of nitrogens with one attached hydrogen (secondary N) is 1. The van der Waals surface area contributed by atoms with E-state index in [4.69, 9.17) is 11.6 Å². The van der Waals surface area contributed by atoms with Gasteiger partial charge in [0.05, 0.1) is 6.42 Å². The Kier molecular flexibility index (Phi) is 7.64. The van der Waals surface area contributed by atoms with Crippen molar-refractivity contribution >= 4 is 23.4 Å². The molecule has 2 rings (SSSR count). The first-order valence-corrected chi connectivity index (χ1v) is 9.98. The van der Waals surface area contributed by atoms with Crippen LogP contribution in [0.25, 0.3) is 0 Å². The molecule has 4 nitrogen and oxygen atoms in total. The summed E-state index contributed by atoms with van der Waals surface area (Å²) in [5, 5.41) is 3.57. The van der Waals surface area contributed by atoms with Gasteiger partial charge >= 0.3 is 0 Å². The molecule has 0 aromatic heterocycles. The number of rotatable bonds is 7. The van der Waals surface area contributed by atoms with Crippen LogP contribution in [0.5, 0.6) is 0 Å². The number of benzene rings is 2. The number of amides is 2. The van der Waals surface area contributed by atoms with E-state index in [-0.39, 0.29) is 23.8 Å². The highest BCUT2D eigenvalue weighted by Gasteiger charge is 2.30. The van der Waals surface area contributed by atoms with Gasteiger partial charge in [-0.2, -0.15) is 0 Å². The fraction of sp³-hybridized carbons (Fsp3) is 0.391. The van der Waals surface area contributed by atoms with Crippen molar-refractivity contribution in [1.29, 1.82) is 0 Å². The first kappa shape index (κ1) is 22.0. The molecule has 0 radical (unpaired) electrons. The Bertz CT molecular complexity index is 800. The van der Waals surface area contributed by atoms with E-state index in [9.17, 15) is 9.59 Å². The molecule has 0 bridgehead atoms. The quantitative estimate of drug-likeness (QED) is 0.738. The number of hydrogen-bond donors (Lipinski definition) is 1. The molecule has 0 aliphatic rings. The van der Waals surface area contributed by atoms with Gasteiger partial charge in [-0.25, -0.2) is 0 Å². The molecule has 0 unspecified atom stereocenters. The molecule has 2 aromatic rings. The summed E-state index contributed by atoms with van der Waals surface area (Å²) < 4.78 is 0. The lowest BCUT2D eigenvalue weighted by molar-refractivity contribution is -0.141. The molecule has 2 aromatic carbocycles. The van der Waals surface area contributed by atoms with Crippen LogP contribution in [0.4, 0.5) is 0 Å². The van der Waals surface area contributed by atoms with E-state index in [0.29, 0.717) is 18.0 Å². The van der Waals surface area contributed by atoms with E-state index >= 15 is 0 Å². The molecule has 0 fully saturated rings. The molecule has 0 aliphatic carbocycles. The van der Waals surface area contributed by atoms with Crippen molar-refractivity contribution < 1.29 is 9.59 Å². The van der Waals surface area contributed by atoms with Gasteiger partial charge in [-0.3, -0.25) is 9.59 Å². The number of halogens is 1. The van der Waals surface area contributed by atoms with Crippen molar-refractivity contribution in [3.05, 3.63) is 70.7 Å². The second-order valence-electron chi connectivity index (χ2n) is 7.94. The minimum absolute atomic E-state index is 0.118. The zero-order chi connectivity index (χ0) is 20.7. The average Bonchev–Trinajstić information content (AvgIpc) is 2.62. The van der Waals surface area contributed by atoms with Gasteiger partial charge < -0.3 is 10.2 Å². The minimum Gasteiger partial charge on any atom is -0.350 e. The lowest BCUT2D eigenvalue weighted by atomic mass is 10.0. The Morgan fingerprint density at radius 2 is 1.64 bits per heavy atom. The Labute approximate surface area is 172 Å². The molecule has 0 heterocycles. The smallest absolute Gasteiger partial charge is 0.243 e. The van der Waals surface area contributed by atoms with Crippen LogP contribution in [-0.2, 0) is 22.6 Å². The first-order valence-electron chi connectivity index (χ1n) is 9.60. The third-order valence-electron chi connectivity index (χ3n) is 4.38. The molecule has 0 aliphatic heterocycles.